The van der Waals surface area contributed by atoms with Crippen LogP contribution in [0.15, 0.2) is 4.52 Å². The van der Waals surface area contributed by atoms with Gasteiger partial charge in [-0.15, -0.1) is 0 Å². The van der Waals surface area contributed by atoms with E-state index in [0.717, 1.165) is 0 Å². The molecule has 0 aliphatic carbocycles. The molecule has 18 heavy (non-hydrogen) atoms. The Hall–Kier alpha value is -1.48. The van der Waals surface area contributed by atoms with E-state index in [0.29, 0.717) is 0 Å². The lowest BCUT2D eigenvalue weighted by Gasteiger charge is -2.16. The van der Waals surface area contributed by atoms with Gasteiger partial charge in [-0.05, 0) is 6.42 Å². The van der Waals surface area contributed by atoms with Crippen molar-refractivity contribution in [2.75, 3.05) is 11.5 Å². The monoisotopic (exact) mass is 275 g/mol. The molecule has 1 aromatic rings. The molecule has 1 fully saturated rings. The first-order chi connectivity index (χ1) is 8.31. The molecule has 1 unspecified atom stereocenters. The third-order valence-corrected chi connectivity index (χ3v) is 4.58. The van der Waals surface area contributed by atoms with Crippen molar-refractivity contribution in [3.63, 3.8) is 0 Å². The van der Waals surface area contributed by atoms with E-state index in [1.54, 1.807) is 0 Å². The molecular formula is C9H13N3O5S. The summed E-state index contributed by atoms with van der Waals surface area (Å²) in [5.74, 6) is -0.897. The van der Waals surface area contributed by atoms with Gasteiger partial charge in [0.05, 0.1) is 23.5 Å². The number of carboxylic acid groups (broad SMARTS) is 1. The summed E-state index contributed by atoms with van der Waals surface area (Å²) in [4.78, 5) is 14.4. The van der Waals surface area contributed by atoms with Gasteiger partial charge in [0.2, 0.25) is 5.89 Å². The van der Waals surface area contributed by atoms with Gasteiger partial charge in [-0.1, -0.05) is 5.16 Å². The number of aromatic nitrogens is 2. The van der Waals surface area contributed by atoms with Crippen LogP contribution in [-0.4, -0.2) is 41.1 Å². The first kappa shape index (κ1) is 13.0. The molecule has 1 saturated heterocycles. The highest BCUT2D eigenvalue weighted by Crippen LogP contribution is 2.29. The summed E-state index contributed by atoms with van der Waals surface area (Å²) in [6.07, 6.45) is 0.218. The van der Waals surface area contributed by atoms with Crippen LogP contribution in [0.5, 0.6) is 0 Å². The van der Waals surface area contributed by atoms with Crippen LogP contribution < -0.4 is 5.73 Å². The second-order valence-electron chi connectivity index (χ2n) is 4.40. The molecule has 1 aromatic heterocycles. The Bertz CT molecular complexity index is 567. The summed E-state index contributed by atoms with van der Waals surface area (Å²) >= 11 is 0. The van der Waals surface area contributed by atoms with Gasteiger partial charge in [0.1, 0.15) is 0 Å². The second kappa shape index (κ2) is 4.32. The van der Waals surface area contributed by atoms with E-state index in [1.165, 1.54) is 0 Å². The van der Waals surface area contributed by atoms with Crippen LogP contribution in [0.25, 0.3) is 0 Å². The molecular weight excluding hydrogens is 262 g/mol. The number of carbonyl (C=O) groups is 1. The van der Waals surface area contributed by atoms with Gasteiger partial charge in [0.15, 0.2) is 15.7 Å². The molecule has 1 aliphatic rings. The van der Waals surface area contributed by atoms with Crippen molar-refractivity contribution in [1.29, 1.82) is 0 Å². The highest BCUT2D eigenvalue weighted by Gasteiger charge is 2.43. The smallest absolute Gasteiger partial charge is 0.303 e. The summed E-state index contributed by atoms with van der Waals surface area (Å²) in [6, 6.07) is 0. The zero-order valence-electron chi connectivity index (χ0n) is 9.50. The van der Waals surface area contributed by atoms with E-state index in [2.05, 4.69) is 10.1 Å². The molecule has 100 valence electrons. The fourth-order valence-electron chi connectivity index (χ4n) is 1.82. The maximum Gasteiger partial charge on any atom is 0.303 e. The summed E-state index contributed by atoms with van der Waals surface area (Å²) in [5, 5.41) is 12.2. The standard InChI is InChI=1S/C9H13N3O5S/c10-9(3-4-18(15,16)5-9)8-11-6(17-12-8)1-2-7(13)14/h1-5,10H2,(H,13,14). The van der Waals surface area contributed by atoms with Gasteiger partial charge in [0.25, 0.3) is 0 Å². The number of nitrogens with two attached hydrogens (primary N) is 1. The topological polar surface area (TPSA) is 136 Å². The fourth-order valence-corrected chi connectivity index (χ4v) is 3.70. The predicted molar refractivity (Wildman–Crippen MR) is 59.4 cm³/mol. The van der Waals surface area contributed by atoms with Gasteiger partial charge in [-0.25, -0.2) is 8.42 Å². The van der Waals surface area contributed by atoms with E-state index in [9.17, 15) is 13.2 Å². The van der Waals surface area contributed by atoms with Crippen molar-refractivity contribution in [2.24, 2.45) is 5.73 Å². The molecule has 0 spiro atoms. The lowest BCUT2D eigenvalue weighted by Crippen LogP contribution is -2.39. The third-order valence-electron chi connectivity index (χ3n) is 2.80. The Kier molecular flexibility index (Phi) is 3.11. The molecule has 0 bridgehead atoms. The number of nitrogens with zero attached hydrogens (tertiary/aromatic N) is 2. The first-order valence-electron chi connectivity index (χ1n) is 5.35. The van der Waals surface area contributed by atoms with Gasteiger partial charge in [-0.2, -0.15) is 4.98 Å². The number of hydrogen-bond acceptors (Lipinski definition) is 7. The summed E-state index contributed by atoms with van der Waals surface area (Å²) in [6.45, 7) is 0. The molecule has 0 saturated carbocycles. The molecule has 1 atom stereocenters. The predicted octanol–water partition coefficient (Wildman–Crippen LogP) is -0.941. The maximum atomic E-state index is 11.4. The SMILES string of the molecule is NC1(c2noc(CCC(=O)O)n2)CCS(=O)(=O)C1. The number of sulfone groups is 1. The van der Waals surface area contributed by atoms with E-state index in [1.807, 2.05) is 0 Å². The molecule has 2 rings (SSSR count). The van der Waals surface area contributed by atoms with Crippen LogP contribution in [0.4, 0.5) is 0 Å². The Morgan fingerprint density at radius 2 is 2.28 bits per heavy atom. The van der Waals surface area contributed by atoms with Crippen molar-refractivity contribution in [3.8, 4) is 0 Å². The van der Waals surface area contributed by atoms with Crippen molar-refractivity contribution in [3.05, 3.63) is 11.7 Å². The minimum atomic E-state index is -3.16. The zero-order chi connectivity index (χ0) is 13.4. The van der Waals surface area contributed by atoms with Gasteiger partial charge >= 0.3 is 5.97 Å². The van der Waals surface area contributed by atoms with Gasteiger partial charge in [0, 0.05) is 6.42 Å². The van der Waals surface area contributed by atoms with Crippen LogP contribution in [0.3, 0.4) is 0 Å². The quantitative estimate of drug-likeness (QED) is 0.718. The number of hydrogen-bond donors (Lipinski definition) is 2. The van der Waals surface area contributed by atoms with Crippen LogP contribution in [0, 0.1) is 0 Å². The highest BCUT2D eigenvalue weighted by molar-refractivity contribution is 7.91. The maximum absolute atomic E-state index is 11.4. The lowest BCUT2D eigenvalue weighted by molar-refractivity contribution is -0.137. The molecule has 0 aromatic carbocycles. The Balaban J connectivity index is 2.13. The van der Waals surface area contributed by atoms with Crippen LogP contribution in [0.2, 0.25) is 0 Å². The molecule has 1 aliphatic heterocycles. The van der Waals surface area contributed by atoms with Gasteiger partial charge in [-0.3, -0.25) is 4.79 Å². The number of aliphatic carboxylic acids is 1. The van der Waals surface area contributed by atoms with Crippen molar-refractivity contribution in [1.82, 2.24) is 10.1 Å². The minimum absolute atomic E-state index is 0.00248. The molecule has 9 heteroatoms. The number of rotatable bonds is 4. The summed E-state index contributed by atoms with van der Waals surface area (Å²) in [7, 11) is -3.16. The van der Waals surface area contributed by atoms with Crippen molar-refractivity contribution >= 4 is 15.8 Å². The second-order valence-corrected chi connectivity index (χ2v) is 6.59. The average molecular weight is 275 g/mol. The normalized spacial score (nSPS) is 26.3. The molecule has 3 N–H and O–H groups in total. The van der Waals surface area contributed by atoms with Crippen molar-refractivity contribution < 1.29 is 22.8 Å². The number of aryl methyl sites for hydroxylation is 1. The minimum Gasteiger partial charge on any atom is -0.481 e. The van der Waals surface area contributed by atoms with Crippen LogP contribution in [0.1, 0.15) is 24.6 Å². The van der Waals surface area contributed by atoms with E-state index >= 15 is 0 Å². The van der Waals surface area contributed by atoms with E-state index in [4.69, 9.17) is 15.4 Å². The third kappa shape index (κ3) is 2.67. The first-order valence-corrected chi connectivity index (χ1v) is 7.17. The zero-order valence-corrected chi connectivity index (χ0v) is 10.3. The molecule has 0 amide bonds. The Morgan fingerprint density at radius 3 is 2.83 bits per heavy atom. The number of carboxylic acids is 1. The van der Waals surface area contributed by atoms with Crippen LogP contribution >= 0.6 is 0 Å². The largest absolute Gasteiger partial charge is 0.481 e. The van der Waals surface area contributed by atoms with Gasteiger partial charge < -0.3 is 15.4 Å². The summed E-state index contributed by atoms with van der Waals surface area (Å²) in [5.41, 5.74) is 4.82. The fraction of sp³-hybridized carbons (Fsp3) is 0.667. The Labute approximate surface area is 103 Å². The lowest BCUT2D eigenvalue weighted by atomic mass is 10.00. The molecule has 0 radical (unpaired) electrons. The van der Waals surface area contributed by atoms with Crippen LogP contribution in [-0.2, 0) is 26.6 Å². The van der Waals surface area contributed by atoms with E-state index in [-0.39, 0.29) is 42.5 Å². The Morgan fingerprint density at radius 1 is 1.56 bits per heavy atom. The molecule has 8 nitrogen and oxygen atoms in total. The highest BCUT2D eigenvalue weighted by atomic mass is 32.2. The summed E-state index contributed by atoms with van der Waals surface area (Å²) < 4.78 is 27.7. The van der Waals surface area contributed by atoms with E-state index < -0.39 is 21.3 Å². The molecule has 2 heterocycles. The van der Waals surface area contributed by atoms with Crippen molar-refractivity contribution in [2.45, 2.75) is 24.8 Å². The average Bonchev–Trinajstić information content (AvgIpc) is 2.81.